The summed E-state index contributed by atoms with van der Waals surface area (Å²) in [6, 6.07) is 13.8. The van der Waals surface area contributed by atoms with Gasteiger partial charge in [0.2, 0.25) is 0 Å². The van der Waals surface area contributed by atoms with E-state index in [1.807, 2.05) is 50.2 Å². The van der Waals surface area contributed by atoms with E-state index in [2.05, 4.69) is 6.07 Å². The summed E-state index contributed by atoms with van der Waals surface area (Å²) >= 11 is 6.28. The van der Waals surface area contributed by atoms with Crippen LogP contribution in [0.3, 0.4) is 0 Å². The molecule has 3 heteroatoms. The van der Waals surface area contributed by atoms with Gasteiger partial charge in [-0.3, -0.25) is 4.79 Å². The second kappa shape index (κ2) is 6.10. The van der Waals surface area contributed by atoms with Crippen molar-refractivity contribution in [2.75, 3.05) is 0 Å². The lowest BCUT2D eigenvalue weighted by Gasteiger charge is -2.13. The summed E-state index contributed by atoms with van der Waals surface area (Å²) in [6.45, 7) is 3.95. The van der Waals surface area contributed by atoms with Crippen LogP contribution >= 0.6 is 11.6 Å². The summed E-state index contributed by atoms with van der Waals surface area (Å²) < 4.78 is 0. The Morgan fingerprint density at radius 2 is 2.00 bits per heavy atom. The van der Waals surface area contributed by atoms with Gasteiger partial charge < -0.3 is 5.11 Å². The molecule has 0 aliphatic carbocycles. The minimum Gasteiger partial charge on any atom is -0.481 e. The largest absolute Gasteiger partial charge is 0.481 e. The summed E-state index contributed by atoms with van der Waals surface area (Å²) in [5, 5.41) is 9.58. The van der Waals surface area contributed by atoms with Crippen molar-refractivity contribution in [1.29, 1.82) is 0 Å². The maximum absolute atomic E-state index is 10.8. The van der Waals surface area contributed by atoms with Crippen LogP contribution in [-0.4, -0.2) is 11.1 Å². The molecule has 1 N–H and O–H groups in total. The van der Waals surface area contributed by atoms with Gasteiger partial charge in [-0.15, -0.1) is 0 Å². The van der Waals surface area contributed by atoms with Crippen LogP contribution < -0.4 is 0 Å². The van der Waals surface area contributed by atoms with Crippen molar-refractivity contribution in [2.45, 2.75) is 26.2 Å². The number of benzene rings is 2. The second-order valence-corrected chi connectivity index (χ2v) is 5.51. The fourth-order valence-electron chi connectivity index (χ4n) is 2.26. The molecular formula is C17H17ClO2. The molecule has 1 unspecified atom stereocenters. The predicted molar refractivity (Wildman–Crippen MR) is 82.3 cm³/mol. The van der Waals surface area contributed by atoms with E-state index in [9.17, 15) is 4.79 Å². The van der Waals surface area contributed by atoms with E-state index >= 15 is 0 Å². The van der Waals surface area contributed by atoms with E-state index in [0.717, 1.165) is 16.7 Å². The van der Waals surface area contributed by atoms with Crippen LogP contribution in [-0.2, 0) is 4.79 Å². The lowest BCUT2D eigenvalue weighted by Crippen LogP contribution is -2.03. The van der Waals surface area contributed by atoms with Crippen LogP contribution in [0.15, 0.2) is 42.5 Å². The summed E-state index contributed by atoms with van der Waals surface area (Å²) in [4.78, 5) is 10.8. The minimum atomic E-state index is -0.787. The molecule has 0 aliphatic rings. The maximum Gasteiger partial charge on any atom is 0.303 e. The summed E-state index contributed by atoms with van der Waals surface area (Å²) in [5.74, 6) is -0.821. The van der Waals surface area contributed by atoms with E-state index in [-0.39, 0.29) is 12.3 Å². The number of halogens is 1. The minimum absolute atomic E-state index is 0.0340. The first-order valence-corrected chi connectivity index (χ1v) is 6.93. The Morgan fingerprint density at radius 3 is 2.65 bits per heavy atom. The molecule has 0 saturated heterocycles. The van der Waals surface area contributed by atoms with E-state index in [1.165, 1.54) is 5.56 Å². The lowest BCUT2D eigenvalue weighted by molar-refractivity contribution is -0.137. The lowest BCUT2D eigenvalue weighted by atomic mass is 9.93. The standard InChI is InChI=1S/C17H17ClO2/c1-11-4-3-5-14(8-11)15-10-13(6-7-16(15)18)12(2)9-17(19)20/h3-8,10,12H,9H2,1-2H3,(H,19,20). The quantitative estimate of drug-likeness (QED) is 0.869. The van der Waals surface area contributed by atoms with Crippen LogP contribution in [0.2, 0.25) is 5.02 Å². The van der Waals surface area contributed by atoms with E-state index in [0.29, 0.717) is 5.02 Å². The Morgan fingerprint density at radius 1 is 1.25 bits per heavy atom. The van der Waals surface area contributed by atoms with Gasteiger partial charge in [0.25, 0.3) is 0 Å². The first kappa shape index (κ1) is 14.6. The number of carbonyl (C=O) groups is 1. The van der Waals surface area contributed by atoms with E-state index < -0.39 is 5.97 Å². The third-order valence-corrected chi connectivity index (χ3v) is 3.70. The Kier molecular flexibility index (Phi) is 4.46. The molecule has 0 saturated carbocycles. The van der Waals surface area contributed by atoms with Crippen molar-refractivity contribution in [3.63, 3.8) is 0 Å². The van der Waals surface area contributed by atoms with Crippen LogP contribution in [0.5, 0.6) is 0 Å². The van der Waals surface area contributed by atoms with Crippen molar-refractivity contribution in [2.24, 2.45) is 0 Å². The molecule has 0 amide bonds. The van der Waals surface area contributed by atoms with Crippen LogP contribution in [0.1, 0.15) is 30.4 Å². The average Bonchev–Trinajstić information content (AvgIpc) is 2.38. The molecule has 1 atom stereocenters. The van der Waals surface area contributed by atoms with Gasteiger partial charge in [-0.05, 0) is 36.1 Å². The molecule has 0 bridgehead atoms. The van der Waals surface area contributed by atoms with Gasteiger partial charge in [-0.1, -0.05) is 54.4 Å². The van der Waals surface area contributed by atoms with Gasteiger partial charge >= 0.3 is 5.97 Å². The molecule has 0 heterocycles. The van der Waals surface area contributed by atoms with E-state index in [4.69, 9.17) is 16.7 Å². The van der Waals surface area contributed by atoms with Crippen LogP contribution in [0.25, 0.3) is 11.1 Å². The predicted octanol–water partition coefficient (Wildman–Crippen LogP) is 4.89. The average molecular weight is 289 g/mol. The molecule has 2 nitrogen and oxygen atoms in total. The molecule has 0 fully saturated rings. The highest BCUT2D eigenvalue weighted by atomic mass is 35.5. The number of rotatable bonds is 4. The zero-order valence-corrected chi connectivity index (χ0v) is 12.3. The van der Waals surface area contributed by atoms with Crippen LogP contribution in [0.4, 0.5) is 0 Å². The third-order valence-electron chi connectivity index (χ3n) is 3.37. The van der Waals surface area contributed by atoms with Gasteiger partial charge in [0.05, 0.1) is 6.42 Å². The Bertz CT molecular complexity index is 635. The Hall–Kier alpha value is -1.80. The molecule has 0 aliphatic heterocycles. The molecule has 2 aromatic rings. The van der Waals surface area contributed by atoms with Gasteiger partial charge in [-0.2, -0.15) is 0 Å². The van der Waals surface area contributed by atoms with Crippen molar-refractivity contribution in [1.82, 2.24) is 0 Å². The van der Waals surface area contributed by atoms with Crippen molar-refractivity contribution >= 4 is 17.6 Å². The van der Waals surface area contributed by atoms with Gasteiger partial charge in [0, 0.05) is 10.6 Å². The number of hydrogen-bond donors (Lipinski definition) is 1. The van der Waals surface area contributed by atoms with Crippen molar-refractivity contribution in [3.8, 4) is 11.1 Å². The Balaban J connectivity index is 2.41. The zero-order valence-electron chi connectivity index (χ0n) is 11.6. The zero-order chi connectivity index (χ0) is 14.7. The van der Waals surface area contributed by atoms with Gasteiger partial charge in [0.1, 0.15) is 0 Å². The molecule has 2 aromatic carbocycles. The number of aliphatic carboxylic acids is 1. The summed E-state index contributed by atoms with van der Waals surface area (Å²) in [6.07, 6.45) is 0.120. The van der Waals surface area contributed by atoms with Crippen LogP contribution in [0, 0.1) is 6.92 Å². The number of carboxylic acid groups (broad SMARTS) is 1. The van der Waals surface area contributed by atoms with Gasteiger partial charge in [0.15, 0.2) is 0 Å². The topological polar surface area (TPSA) is 37.3 Å². The second-order valence-electron chi connectivity index (χ2n) is 5.11. The fourth-order valence-corrected chi connectivity index (χ4v) is 2.49. The number of hydrogen-bond acceptors (Lipinski definition) is 1. The molecule has 104 valence electrons. The summed E-state index contributed by atoms with van der Waals surface area (Å²) in [5.41, 5.74) is 4.17. The first-order chi connectivity index (χ1) is 9.47. The fraction of sp³-hybridized carbons (Fsp3) is 0.235. The van der Waals surface area contributed by atoms with Crippen molar-refractivity contribution in [3.05, 3.63) is 58.6 Å². The molecule has 0 aromatic heterocycles. The molecule has 0 spiro atoms. The van der Waals surface area contributed by atoms with E-state index in [1.54, 1.807) is 0 Å². The Labute approximate surface area is 124 Å². The number of aryl methyl sites for hydroxylation is 1. The monoisotopic (exact) mass is 288 g/mol. The number of carboxylic acids is 1. The highest BCUT2D eigenvalue weighted by molar-refractivity contribution is 6.33. The van der Waals surface area contributed by atoms with Gasteiger partial charge in [-0.25, -0.2) is 0 Å². The molecule has 20 heavy (non-hydrogen) atoms. The molecule has 0 radical (unpaired) electrons. The first-order valence-electron chi connectivity index (χ1n) is 6.55. The summed E-state index contributed by atoms with van der Waals surface area (Å²) in [7, 11) is 0. The SMILES string of the molecule is Cc1cccc(-c2cc(C(C)CC(=O)O)ccc2Cl)c1. The molecule has 2 rings (SSSR count). The normalized spacial score (nSPS) is 12.2. The van der Waals surface area contributed by atoms with Crippen molar-refractivity contribution < 1.29 is 9.90 Å². The highest BCUT2D eigenvalue weighted by Crippen LogP contribution is 2.32. The smallest absolute Gasteiger partial charge is 0.303 e. The third kappa shape index (κ3) is 3.40. The highest BCUT2D eigenvalue weighted by Gasteiger charge is 2.13. The maximum atomic E-state index is 10.8. The molecular weight excluding hydrogens is 272 g/mol.